The number of benzene rings is 2. The first-order valence-corrected chi connectivity index (χ1v) is 11.6. The molecule has 7 nitrogen and oxygen atoms in total. The lowest BCUT2D eigenvalue weighted by Gasteiger charge is -2.20. The summed E-state index contributed by atoms with van der Waals surface area (Å²) in [5.74, 6) is 0.804. The van der Waals surface area contributed by atoms with Crippen molar-refractivity contribution in [3.63, 3.8) is 0 Å². The minimum absolute atomic E-state index is 0.0947. The third-order valence-corrected chi connectivity index (χ3v) is 6.55. The smallest absolute Gasteiger partial charge is 0.261 e. The third-order valence-electron chi connectivity index (χ3n) is 5.15. The number of ether oxygens (including phenoxy) is 1. The number of rotatable bonds is 9. The number of carbonyl (C=O) groups excluding carboxylic acids is 1. The average molecular weight is 432 g/mol. The number of nitrogens with zero attached hydrogens (tertiary/aromatic N) is 1. The molecule has 0 radical (unpaired) electrons. The predicted octanol–water partition coefficient (Wildman–Crippen LogP) is 2.96. The molecule has 1 fully saturated rings. The van der Waals surface area contributed by atoms with Crippen LogP contribution in [0.2, 0.25) is 0 Å². The first kappa shape index (κ1) is 22.1. The summed E-state index contributed by atoms with van der Waals surface area (Å²) in [6, 6.07) is 12.5. The maximum atomic E-state index is 12.6. The molecule has 162 valence electrons. The van der Waals surface area contributed by atoms with Crippen LogP contribution in [0.15, 0.2) is 53.4 Å². The number of hydrogen-bond donors (Lipinski definition) is 2. The Balaban J connectivity index is 1.55. The van der Waals surface area contributed by atoms with Gasteiger partial charge in [0.05, 0.1) is 12.0 Å². The van der Waals surface area contributed by atoms with E-state index in [0.29, 0.717) is 29.5 Å². The number of methoxy groups -OCH3 is 1. The lowest BCUT2D eigenvalue weighted by atomic mass is 10.1. The number of likely N-dealkylation sites (tertiary alicyclic amines) is 1. The Labute approximate surface area is 178 Å². The maximum absolute atomic E-state index is 12.6. The standard InChI is InChI=1S/C22H29N3O4S/c1-17(16-25-13-3-4-14-25)15-23-22(26)18-5-11-21(12-6-18)30(27,28)24-19-7-9-20(29-2)10-8-19/h5-12,17,24H,3-4,13-16H2,1-2H3,(H,23,26)/t17-/m0/s1. The Morgan fingerprint density at radius 1 is 1.07 bits per heavy atom. The van der Waals surface area contributed by atoms with Crippen LogP contribution in [0, 0.1) is 5.92 Å². The Hall–Kier alpha value is -2.58. The molecule has 0 aromatic heterocycles. The molecular formula is C22H29N3O4S. The highest BCUT2D eigenvalue weighted by Crippen LogP contribution is 2.19. The van der Waals surface area contributed by atoms with Crippen LogP contribution in [0.25, 0.3) is 0 Å². The summed E-state index contributed by atoms with van der Waals surface area (Å²) in [4.78, 5) is 14.9. The normalized spacial score (nSPS) is 15.5. The molecule has 1 saturated heterocycles. The van der Waals surface area contributed by atoms with Gasteiger partial charge in [-0.15, -0.1) is 0 Å². The van der Waals surface area contributed by atoms with Crippen molar-refractivity contribution < 1.29 is 17.9 Å². The van der Waals surface area contributed by atoms with E-state index in [0.717, 1.165) is 19.6 Å². The van der Waals surface area contributed by atoms with Crippen molar-refractivity contribution in [1.29, 1.82) is 0 Å². The predicted molar refractivity (Wildman–Crippen MR) is 117 cm³/mol. The van der Waals surface area contributed by atoms with E-state index in [1.54, 1.807) is 31.4 Å². The molecule has 1 atom stereocenters. The molecule has 1 aliphatic heterocycles. The van der Waals surface area contributed by atoms with Crippen LogP contribution >= 0.6 is 0 Å². The van der Waals surface area contributed by atoms with Crippen LogP contribution in [0.5, 0.6) is 5.75 Å². The molecule has 3 rings (SSSR count). The average Bonchev–Trinajstić information content (AvgIpc) is 3.25. The zero-order valence-electron chi connectivity index (χ0n) is 17.4. The van der Waals surface area contributed by atoms with E-state index in [9.17, 15) is 13.2 Å². The monoisotopic (exact) mass is 431 g/mol. The Morgan fingerprint density at radius 3 is 2.30 bits per heavy atom. The van der Waals surface area contributed by atoms with Gasteiger partial charge >= 0.3 is 0 Å². The van der Waals surface area contributed by atoms with Crippen LogP contribution in [0.4, 0.5) is 5.69 Å². The molecule has 0 bridgehead atoms. The molecule has 8 heteroatoms. The second-order valence-electron chi connectivity index (χ2n) is 7.68. The molecule has 0 saturated carbocycles. The summed E-state index contributed by atoms with van der Waals surface area (Å²) in [6.07, 6.45) is 2.50. The molecule has 2 aromatic carbocycles. The minimum Gasteiger partial charge on any atom is -0.497 e. The second kappa shape index (κ2) is 9.95. The Morgan fingerprint density at radius 2 is 1.70 bits per heavy atom. The van der Waals surface area contributed by atoms with Crippen molar-refractivity contribution in [2.45, 2.75) is 24.7 Å². The lowest BCUT2D eigenvalue weighted by molar-refractivity contribution is 0.0945. The van der Waals surface area contributed by atoms with Gasteiger partial charge in [-0.05, 0) is 80.4 Å². The zero-order chi connectivity index (χ0) is 21.6. The minimum atomic E-state index is -3.74. The van der Waals surface area contributed by atoms with Crippen LogP contribution in [0.3, 0.4) is 0 Å². The van der Waals surface area contributed by atoms with Crippen molar-refractivity contribution in [1.82, 2.24) is 10.2 Å². The fourth-order valence-electron chi connectivity index (χ4n) is 3.50. The van der Waals surface area contributed by atoms with E-state index < -0.39 is 10.0 Å². The number of amides is 1. The molecule has 0 spiro atoms. The van der Waals surface area contributed by atoms with Crippen LogP contribution < -0.4 is 14.8 Å². The third kappa shape index (κ3) is 5.96. The molecule has 2 aromatic rings. The van der Waals surface area contributed by atoms with Gasteiger partial charge in [0.25, 0.3) is 15.9 Å². The summed E-state index contributed by atoms with van der Waals surface area (Å²) in [5, 5.41) is 2.94. The van der Waals surface area contributed by atoms with Crippen LogP contribution in [-0.4, -0.2) is 52.5 Å². The summed E-state index contributed by atoms with van der Waals surface area (Å²) in [6.45, 7) is 5.97. The van der Waals surface area contributed by atoms with Crippen molar-refractivity contribution in [3.05, 3.63) is 54.1 Å². The van der Waals surface area contributed by atoms with E-state index >= 15 is 0 Å². The molecule has 0 unspecified atom stereocenters. The molecular weight excluding hydrogens is 402 g/mol. The van der Waals surface area contributed by atoms with Gasteiger partial charge in [-0.3, -0.25) is 9.52 Å². The van der Waals surface area contributed by atoms with Crippen molar-refractivity contribution in [3.8, 4) is 5.75 Å². The molecule has 0 aliphatic carbocycles. The summed E-state index contributed by atoms with van der Waals surface area (Å²) in [5.41, 5.74) is 0.872. The van der Waals surface area contributed by atoms with E-state index in [-0.39, 0.29) is 10.8 Å². The molecule has 1 heterocycles. The van der Waals surface area contributed by atoms with Gasteiger partial charge in [0, 0.05) is 24.3 Å². The van der Waals surface area contributed by atoms with Crippen LogP contribution in [0.1, 0.15) is 30.1 Å². The molecule has 1 aliphatic rings. The number of sulfonamides is 1. The number of hydrogen-bond acceptors (Lipinski definition) is 5. The maximum Gasteiger partial charge on any atom is 0.261 e. The fourth-order valence-corrected chi connectivity index (χ4v) is 4.56. The van der Waals surface area contributed by atoms with E-state index in [4.69, 9.17) is 4.74 Å². The Bertz CT molecular complexity index is 937. The topological polar surface area (TPSA) is 87.7 Å². The van der Waals surface area contributed by atoms with E-state index in [2.05, 4.69) is 21.9 Å². The molecule has 1 amide bonds. The number of nitrogens with one attached hydrogen (secondary N) is 2. The summed E-state index contributed by atoms with van der Waals surface area (Å²) < 4.78 is 32.7. The van der Waals surface area contributed by atoms with E-state index in [1.165, 1.54) is 37.1 Å². The van der Waals surface area contributed by atoms with Crippen LogP contribution in [-0.2, 0) is 10.0 Å². The van der Waals surface area contributed by atoms with Gasteiger partial charge in [-0.25, -0.2) is 8.42 Å². The van der Waals surface area contributed by atoms with E-state index in [1.807, 2.05) is 0 Å². The summed E-state index contributed by atoms with van der Waals surface area (Å²) >= 11 is 0. The summed E-state index contributed by atoms with van der Waals surface area (Å²) in [7, 11) is -2.20. The SMILES string of the molecule is COc1ccc(NS(=O)(=O)c2ccc(C(=O)NC[C@H](C)CN3CCCC3)cc2)cc1. The lowest BCUT2D eigenvalue weighted by Crippen LogP contribution is -2.34. The van der Waals surface area contributed by atoms with Crippen molar-refractivity contribution >= 4 is 21.6 Å². The first-order valence-electron chi connectivity index (χ1n) is 10.1. The van der Waals surface area contributed by atoms with Gasteiger partial charge in [0.2, 0.25) is 0 Å². The Kier molecular flexibility index (Phi) is 7.33. The highest BCUT2D eigenvalue weighted by Gasteiger charge is 2.17. The van der Waals surface area contributed by atoms with Gasteiger partial charge in [0.1, 0.15) is 5.75 Å². The first-order chi connectivity index (χ1) is 14.4. The second-order valence-corrected chi connectivity index (χ2v) is 9.36. The number of carbonyl (C=O) groups is 1. The fraction of sp³-hybridized carbons (Fsp3) is 0.409. The largest absolute Gasteiger partial charge is 0.497 e. The van der Waals surface area contributed by atoms with Gasteiger partial charge < -0.3 is 15.0 Å². The quantitative estimate of drug-likeness (QED) is 0.637. The number of anilines is 1. The van der Waals surface area contributed by atoms with Crippen molar-refractivity contribution in [2.75, 3.05) is 38.0 Å². The van der Waals surface area contributed by atoms with Crippen molar-refractivity contribution in [2.24, 2.45) is 5.92 Å². The van der Waals surface area contributed by atoms with Gasteiger partial charge in [-0.2, -0.15) is 0 Å². The highest BCUT2D eigenvalue weighted by molar-refractivity contribution is 7.92. The highest BCUT2D eigenvalue weighted by atomic mass is 32.2. The zero-order valence-corrected chi connectivity index (χ0v) is 18.2. The van der Waals surface area contributed by atoms with Gasteiger partial charge in [0.15, 0.2) is 0 Å². The molecule has 2 N–H and O–H groups in total. The molecule has 30 heavy (non-hydrogen) atoms. The van der Waals surface area contributed by atoms with Gasteiger partial charge in [-0.1, -0.05) is 6.92 Å².